The predicted molar refractivity (Wildman–Crippen MR) is 152 cm³/mol. The van der Waals surface area contributed by atoms with E-state index in [1.165, 1.54) is 16.7 Å². The lowest BCUT2D eigenvalue weighted by molar-refractivity contribution is -0.202. The van der Waals surface area contributed by atoms with Crippen LogP contribution in [0.3, 0.4) is 0 Å². The lowest BCUT2D eigenvalue weighted by Crippen LogP contribution is -2.57. The molecule has 35 heavy (non-hydrogen) atoms. The summed E-state index contributed by atoms with van der Waals surface area (Å²) in [6.45, 7) is 0. The minimum Gasteiger partial charge on any atom is -0.378 e. The number of benzene rings is 3. The summed E-state index contributed by atoms with van der Waals surface area (Å²) < 4.78 is 18.7. The zero-order valence-corrected chi connectivity index (χ0v) is 22.8. The first-order valence-corrected chi connectivity index (χ1v) is 15.2. The van der Waals surface area contributed by atoms with Gasteiger partial charge in [0, 0.05) is 37.2 Å². The molecule has 0 unspecified atom stereocenters. The number of hydrogen-bond donors (Lipinski definition) is 0. The van der Waals surface area contributed by atoms with Gasteiger partial charge in [0.2, 0.25) is 0 Å². The van der Waals surface area contributed by atoms with E-state index in [4.69, 9.17) is 14.2 Å². The van der Waals surface area contributed by atoms with Gasteiger partial charge >= 0.3 is 0 Å². The van der Waals surface area contributed by atoms with Gasteiger partial charge < -0.3 is 14.2 Å². The first kappa shape index (κ1) is 26.6. The molecule has 0 saturated carbocycles. The van der Waals surface area contributed by atoms with E-state index >= 15 is 0 Å². The number of methoxy groups -OCH3 is 2. The standard InChI is InChI=1S/C29H34O3S3/c1-30-26-25(21-33-18-22-12-6-3-7-13-22)32-29(31-2)28(35-20-24-16-10-5-11-17-24)27(26)34-19-23-14-8-4-9-15-23/h3-17,25-29H,18-21H2,1-2H3/t25-,26+,27-,28+,29+/m1/s1. The van der Waals surface area contributed by atoms with Gasteiger partial charge in [0.05, 0.1) is 22.7 Å². The van der Waals surface area contributed by atoms with E-state index in [-0.39, 0.29) is 29.0 Å². The molecule has 1 saturated heterocycles. The summed E-state index contributed by atoms with van der Waals surface area (Å²) >= 11 is 5.77. The summed E-state index contributed by atoms with van der Waals surface area (Å²) in [5.41, 5.74) is 3.97. The van der Waals surface area contributed by atoms with Crippen LogP contribution in [0.15, 0.2) is 91.0 Å². The van der Waals surface area contributed by atoms with Crippen molar-refractivity contribution in [3.63, 3.8) is 0 Å². The van der Waals surface area contributed by atoms with E-state index in [1.54, 1.807) is 7.11 Å². The molecule has 1 aliphatic rings. The summed E-state index contributed by atoms with van der Waals surface area (Å²) in [6.07, 6.45) is -0.308. The quantitative estimate of drug-likeness (QED) is 0.255. The highest BCUT2D eigenvalue weighted by Gasteiger charge is 2.46. The smallest absolute Gasteiger partial charge is 0.170 e. The van der Waals surface area contributed by atoms with Crippen molar-refractivity contribution in [2.24, 2.45) is 0 Å². The summed E-state index contributed by atoms with van der Waals surface area (Å²) in [7, 11) is 3.59. The van der Waals surface area contributed by atoms with Crippen molar-refractivity contribution in [1.29, 1.82) is 0 Å². The normalized spacial score (nSPS) is 24.3. The molecule has 186 valence electrons. The topological polar surface area (TPSA) is 27.7 Å². The molecule has 1 heterocycles. The second kappa shape index (κ2) is 14.4. The van der Waals surface area contributed by atoms with E-state index < -0.39 is 0 Å². The Labute approximate surface area is 222 Å². The van der Waals surface area contributed by atoms with Gasteiger partial charge in [0.1, 0.15) is 0 Å². The average Bonchev–Trinajstić information content (AvgIpc) is 2.92. The average molecular weight is 527 g/mol. The van der Waals surface area contributed by atoms with Crippen molar-refractivity contribution in [1.82, 2.24) is 0 Å². The molecule has 0 spiro atoms. The Morgan fingerprint density at radius 2 is 1.11 bits per heavy atom. The molecule has 3 nitrogen and oxygen atoms in total. The number of thioether (sulfide) groups is 3. The van der Waals surface area contributed by atoms with Crippen molar-refractivity contribution in [2.75, 3.05) is 20.0 Å². The minimum absolute atomic E-state index is 0.00772. The molecule has 3 aromatic carbocycles. The molecule has 6 heteroatoms. The largest absolute Gasteiger partial charge is 0.378 e. The second-order valence-corrected chi connectivity index (χ2v) is 11.9. The van der Waals surface area contributed by atoms with E-state index in [2.05, 4.69) is 91.0 Å². The SMILES string of the molecule is CO[C@H]1O[C@H](CSCc2ccccc2)[C@H](OC)[C@@H](SCc2ccccc2)[C@@H]1SCc1ccccc1. The molecule has 0 aromatic heterocycles. The van der Waals surface area contributed by atoms with Crippen molar-refractivity contribution >= 4 is 35.3 Å². The lowest BCUT2D eigenvalue weighted by Gasteiger charge is -2.45. The Morgan fingerprint density at radius 3 is 1.60 bits per heavy atom. The number of hydrogen-bond acceptors (Lipinski definition) is 6. The fourth-order valence-electron chi connectivity index (χ4n) is 4.25. The van der Waals surface area contributed by atoms with Crippen molar-refractivity contribution in [2.45, 2.75) is 46.3 Å². The van der Waals surface area contributed by atoms with Crippen LogP contribution in [0.5, 0.6) is 0 Å². The molecule has 0 aliphatic carbocycles. The Kier molecular flexibility index (Phi) is 10.9. The maximum absolute atomic E-state index is 6.56. The van der Waals surface area contributed by atoms with Gasteiger partial charge in [-0.05, 0) is 16.7 Å². The molecule has 4 rings (SSSR count). The number of ether oxygens (including phenoxy) is 3. The highest BCUT2D eigenvalue weighted by Crippen LogP contribution is 2.41. The molecule has 0 radical (unpaired) electrons. The predicted octanol–water partition coefficient (Wildman–Crippen LogP) is 6.91. The van der Waals surface area contributed by atoms with Gasteiger partial charge in [-0.2, -0.15) is 11.8 Å². The number of rotatable bonds is 12. The first-order valence-electron chi connectivity index (χ1n) is 11.9. The van der Waals surface area contributed by atoms with Gasteiger partial charge in [-0.15, -0.1) is 23.5 Å². The van der Waals surface area contributed by atoms with Crippen LogP contribution in [0.25, 0.3) is 0 Å². The maximum atomic E-state index is 6.56. The zero-order chi connectivity index (χ0) is 24.3. The summed E-state index contributed by atoms with van der Waals surface area (Å²) in [6, 6.07) is 31.9. The van der Waals surface area contributed by atoms with Crippen LogP contribution in [-0.2, 0) is 31.5 Å². The molecular formula is C29H34O3S3. The van der Waals surface area contributed by atoms with Crippen LogP contribution < -0.4 is 0 Å². The summed E-state index contributed by atoms with van der Waals surface area (Å²) in [5, 5.41) is 0.407. The molecular weight excluding hydrogens is 493 g/mol. The highest BCUT2D eigenvalue weighted by molar-refractivity contribution is 8.03. The Balaban J connectivity index is 1.48. The van der Waals surface area contributed by atoms with Gasteiger partial charge in [-0.1, -0.05) is 91.0 Å². The molecule has 3 aromatic rings. The third kappa shape index (κ3) is 7.78. The highest BCUT2D eigenvalue weighted by atomic mass is 32.2. The third-order valence-electron chi connectivity index (χ3n) is 6.06. The van der Waals surface area contributed by atoms with Gasteiger partial charge in [0.25, 0.3) is 0 Å². The molecule has 0 amide bonds. The molecule has 0 N–H and O–H groups in total. The fourth-order valence-corrected chi connectivity index (χ4v) is 8.40. The van der Waals surface area contributed by atoms with Crippen molar-refractivity contribution < 1.29 is 14.2 Å². The summed E-state index contributed by atoms with van der Waals surface area (Å²) in [4.78, 5) is 0. The van der Waals surface area contributed by atoms with Gasteiger partial charge in [-0.25, -0.2) is 0 Å². The molecule has 5 atom stereocenters. The maximum Gasteiger partial charge on any atom is 0.170 e. The van der Waals surface area contributed by atoms with Crippen LogP contribution in [0.2, 0.25) is 0 Å². The van der Waals surface area contributed by atoms with Crippen molar-refractivity contribution in [3.05, 3.63) is 108 Å². The first-order chi connectivity index (χ1) is 17.3. The van der Waals surface area contributed by atoms with Crippen LogP contribution in [0.1, 0.15) is 16.7 Å². The minimum atomic E-state index is -0.272. The van der Waals surface area contributed by atoms with E-state index in [1.807, 2.05) is 42.4 Å². The monoisotopic (exact) mass is 526 g/mol. The van der Waals surface area contributed by atoms with E-state index in [9.17, 15) is 0 Å². The van der Waals surface area contributed by atoms with E-state index in [0.29, 0.717) is 0 Å². The van der Waals surface area contributed by atoms with Gasteiger partial charge in [-0.3, -0.25) is 0 Å². The molecule has 1 fully saturated rings. The molecule has 1 aliphatic heterocycles. The van der Waals surface area contributed by atoms with E-state index in [0.717, 1.165) is 23.0 Å². The van der Waals surface area contributed by atoms with Crippen LogP contribution in [0.4, 0.5) is 0 Å². The Bertz CT molecular complexity index is 974. The Hall–Kier alpha value is -1.41. The van der Waals surface area contributed by atoms with Crippen LogP contribution in [-0.4, -0.2) is 49.0 Å². The van der Waals surface area contributed by atoms with Gasteiger partial charge in [0.15, 0.2) is 6.29 Å². The fraction of sp³-hybridized carbons (Fsp3) is 0.379. The van der Waals surface area contributed by atoms with Crippen LogP contribution >= 0.6 is 35.3 Å². The Morgan fingerprint density at radius 1 is 0.629 bits per heavy atom. The third-order valence-corrected chi connectivity index (χ3v) is 10.2. The zero-order valence-electron chi connectivity index (χ0n) is 20.3. The second-order valence-electron chi connectivity index (χ2n) is 8.50. The van der Waals surface area contributed by atoms with Crippen LogP contribution in [0, 0.1) is 0 Å². The lowest BCUT2D eigenvalue weighted by atomic mass is 10.0. The molecule has 0 bridgehead atoms. The van der Waals surface area contributed by atoms with Crippen molar-refractivity contribution in [3.8, 4) is 0 Å². The summed E-state index contributed by atoms with van der Waals surface area (Å²) in [5.74, 6) is 3.68.